The van der Waals surface area contributed by atoms with E-state index in [9.17, 15) is 14.4 Å². The third-order valence-electron chi connectivity index (χ3n) is 4.06. The Balaban J connectivity index is 2.09. The van der Waals surface area contributed by atoms with Gasteiger partial charge in [0.15, 0.2) is 11.9 Å². The maximum atomic E-state index is 12.4. The number of esters is 1. The van der Waals surface area contributed by atoms with Gasteiger partial charge in [0.2, 0.25) is 0 Å². The molecule has 0 aliphatic heterocycles. The lowest BCUT2D eigenvalue weighted by atomic mass is 10.1. The van der Waals surface area contributed by atoms with E-state index in [0.717, 1.165) is 0 Å². The maximum absolute atomic E-state index is 12.4. The van der Waals surface area contributed by atoms with E-state index in [4.69, 9.17) is 4.74 Å². The molecule has 0 saturated carbocycles. The van der Waals surface area contributed by atoms with Crippen molar-refractivity contribution in [1.29, 1.82) is 0 Å². The molecule has 2 heterocycles. The number of anilines is 1. The normalized spacial score (nSPS) is 12.1. The topological polar surface area (TPSA) is 106 Å². The van der Waals surface area contributed by atoms with Crippen LogP contribution in [0.4, 0.5) is 5.82 Å². The van der Waals surface area contributed by atoms with E-state index in [1.165, 1.54) is 13.8 Å². The third kappa shape index (κ3) is 3.84. The second-order valence-electron chi connectivity index (χ2n) is 6.47. The quantitative estimate of drug-likeness (QED) is 0.608. The van der Waals surface area contributed by atoms with Crippen molar-refractivity contribution in [1.82, 2.24) is 14.8 Å². The number of aromatic amines is 1. The number of nitrogens with zero attached hydrogens (tertiary/aromatic N) is 2. The van der Waals surface area contributed by atoms with E-state index in [2.05, 4.69) is 15.4 Å². The Hall–Kier alpha value is -2.90. The number of amides is 1. The van der Waals surface area contributed by atoms with Gasteiger partial charge in [-0.25, -0.2) is 9.48 Å². The Morgan fingerprint density at radius 3 is 2.42 bits per heavy atom. The molecule has 0 fully saturated rings. The molecule has 0 aromatic carbocycles. The molecule has 1 atom stereocenters. The van der Waals surface area contributed by atoms with Crippen molar-refractivity contribution in [3.63, 3.8) is 0 Å². The molecular weight excluding hydrogens is 336 g/mol. The lowest BCUT2D eigenvalue weighted by Gasteiger charge is -2.15. The molecule has 2 rings (SSSR count). The molecule has 2 N–H and O–H groups in total. The van der Waals surface area contributed by atoms with E-state index < -0.39 is 18.0 Å². The van der Waals surface area contributed by atoms with Crippen LogP contribution >= 0.6 is 0 Å². The Morgan fingerprint density at radius 1 is 1.23 bits per heavy atom. The van der Waals surface area contributed by atoms with Crippen molar-refractivity contribution in [2.75, 3.05) is 5.32 Å². The molecule has 0 radical (unpaired) electrons. The highest BCUT2D eigenvalue weighted by atomic mass is 16.5. The monoisotopic (exact) mass is 360 g/mol. The zero-order valence-corrected chi connectivity index (χ0v) is 15.8. The van der Waals surface area contributed by atoms with Gasteiger partial charge in [-0.05, 0) is 47.1 Å². The molecule has 8 heteroatoms. The Kier molecular flexibility index (Phi) is 5.64. The number of aromatic nitrogens is 3. The van der Waals surface area contributed by atoms with Crippen LogP contribution in [0.15, 0.2) is 12.3 Å². The van der Waals surface area contributed by atoms with Crippen molar-refractivity contribution in [3.05, 3.63) is 34.8 Å². The molecule has 8 nitrogen and oxygen atoms in total. The first kappa shape index (κ1) is 19.4. The first-order valence-electron chi connectivity index (χ1n) is 8.38. The summed E-state index contributed by atoms with van der Waals surface area (Å²) < 4.78 is 6.91. The molecule has 1 amide bonds. The van der Waals surface area contributed by atoms with E-state index >= 15 is 0 Å². The summed E-state index contributed by atoms with van der Waals surface area (Å²) in [5, 5.41) is 6.83. The summed E-state index contributed by atoms with van der Waals surface area (Å²) in [6.07, 6.45) is 0.572. The summed E-state index contributed by atoms with van der Waals surface area (Å²) in [5.74, 6) is -0.756. The highest BCUT2D eigenvalue weighted by Gasteiger charge is 2.25. The molecular formula is C18H24N4O4. The van der Waals surface area contributed by atoms with Gasteiger partial charge in [0, 0.05) is 23.4 Å². The zero-order chi connectivity index (χ0) is 19.6. The van der Waals surface area contributed by atoms with Gasteiger partial charge in [-0.15, -0.1) is 0 Å². The number of H-pyrrole nitrogens is 1. The Bertz CT molecular complexity index is 847. The van der Waals surface area contributed by atoms with Crippen LogP contribution in [0, 0.1) is 13.8 Å². The van der Waals surface area contributed by atoms with Crippen molar-refractivity contribution < 1.29 is 19.1 Å². The smallest absolute Gasteiger partial charge is 0.355 e. The summed E-state index contributed by atoms with van der Waals surface area (Å²) in [5.41, 5.74) is 1.76. The van der Waals surface area contributed by atoms with Gasteiger partial charge >= 0.3 is 5.97 Å². The number of aryl methyl sites for hydroxylation is 1. The molecule has 0 bridgehead atoms. The largest absolute Gasteiger partial charge is 0.448 e. The number of rotatable bonds is 6. The molecule has 0 aliphatic rings. The van der Waals surface area contributed by atoms with Gasteiger partial charge in [0.05, 0.1) is 6.20 Å². The minimum absolute atomic E-state index is 0.0766. The predicted molar refractivity (Wildman–Crippen MR) is 96.4 cm³/mol. The molecule has 1 unspecified atom stereocenters. The Morgan fingerprint density at radius 2 is 1.88 bits per heavy atom. The van der Waals surface area contributed by atoms with Crippen LogP contribution in [0.5, 0.6) is 0 Å². The van der Waals surface area contributed by atoms with Crippen molar-refractivity contribution in [3.8, 4) is 0 Å². The summed E-state index contributed by atoms with van der Waals surface area (Å²) in [7, 11) is 0. The number of carbonyl (C=O) groups excluding carboxylic acids is 3. The van der Waals surface area contributed by atoms with Crippen molar-refractivity contribution in [2.24, 2.45) is 0 Å². The van der Waals surface area contributed by atoms with E-state index in [0.29, 0.717) is 22.6 Å². The minimum atomic E-state index is -1.01. The number of ether oxygens (including phenoxy) is 1. The maximum Gasteiger partial charge on any atom is 0.355 e. The first-order chi connectivity index (χ1) is 12.1. The fraction of sp³-hybridized carbons (Fsp3) is 0.444. The standard InChI is InChI=1S/C18H24N4O4/c1-9(2)22-14(7-8-19-22)21-17(24)13(6)26-18(25)16-10(3)15(12(5)23)11(4)20-16/h7-9,13,20H,1-6H3,(H,21,24). The highest BCUT2D eigenvalue weighted by molar-refractivity contribution is 6.02. The van der Waals surface area contributed by atoms with Crippen LogP contribution in [0.3, 0.4) is 0 Å². The summed E-state index contributed by atoms with van der Waals surface area (Å²) in [4.78, 5) is 39.2. The number of hydrogen-bond donors (Lipinski definition) is 2. The second-order valence-corrected chi connectivity index (χ2v) is 6.47. The summed E-state index contributed by atoms with van der Waals surface area (Å²) in [6, 6.07) is 1.75. The molecule has 140 valence electrons. The molecule has 0 aliphatic carbocycles. The number of carbonyl (C=O) groups is 3. The molecule has 26 heavy (non-hydrogen) atoms. The molecule has 2 aromatic rings. The highest BCUT2D eigenvalue weighted by Crippen LogP contribution is 2.20. The first-order valence-corrected chi connectivity index (χ1v) is 8.38. The average Bonchev–Trinajstić information content (AvgIpc) is 3.11. The van der Waals surface area contributed by atoms with E-state index in [1.54, 1.807) is 30.8 Å². The van der Waals surface area contributed by atoms with E-state index in [-0.39, 0.29) is 17.5 Å². The number of hydrogen-bond acceptors (Lipinski definition) is 5. The van der Waals surface area contributed by atoms with Gasteiger partial charge in [0.1, 0.15) is 11.5 Å². The van der Waals surface area contributed by atoms with Gasteiger partial charge < -0.3 is 15.0 Å². The van der Waals surface area contributed by atoms with E-state index in [1.807, 2.05) is 13.8 Å². The van der Waals surface area contributed by atoms with Crippen LogP contribution in [-0.2, 0) is 9.53 Å². The number of nitrogens with one attached hydrogen (secondary N) is 2. The summed E-state index contributed by atoms with van der Waals surface area (Å²) in [6.45, 7) is 10.2. The van der Waals surface area contributed by atoms with Crippen molar-refractivity contribution in [2.45, 2.75) is 53.7 Å². The van der Waals surface area contributed by atoms with Crippen molar-refractivity contribution >= 4 is 23.5 Å². The fourth-order valence-corrected chi connectivity index (χ4v) is 2.81. The fourth-order valence-electron chi connectivity index (χ4n) is 2.81. The minimum Gasteiger partial charge on any atom is -0.448 e. The number of Topliss-reactive ketones (excluding diaryl/α,β-unsaturated/α-hetero) is 1. The van der Waals surface area contributed by atoms with Gasteiger partial charge in [0.25, 0.3) is 5.91 Å². The lowest BCUT2D eigenvalue weighted by Crippen LogP contribution is -2.31. The summed E-state index contributed by atoms with van der Waals surface area (Å²) >= 11 is 0. The third-order valence-corrected chi connectivity index (χ3v) is 4.06. The van der Waals surface area contributed by atoms with Gasteiger partial charge in [-0.2, -0.15) is 5.10 Å². The average molecular weight is 360 g/mol. The molecule has 0 spiro atoms. The lowest BCUT2D eigenvalue weighted by molar-refractivity contribution is -0.123. The second kappa shape index (κ2) is 7.55. The van der Waals surface area contributed by atoms with Crippen LogP contribution in [0.25, 0.3) is 0 Å². The Labute approximate surface area is 151 Å². The predicted octanol–water partition coefficient (Wildman–Crippen LogP) is 2.80. The SMILES string of the molecule is CC(=O)c1c(C)[nH]c(C(=O)OC(C)C(=O)Nc2ccnn2C(C)C)c1C. The number of ketones is 1. The van der Waals surface area contributed by atoms with Crippen LogP contribution in [-0.4, -0.2) is 38.5 Å². The van der Waals surface area contributed by atoms with Crippen LogP contribution in [0.2, 0.25) is 0 Å². The van der Waals surface area contributed by atoms with Gasteiger partial charge in [-0.3, -0.25) is 9.59 Å². The van der Waals surface area contributed by atoms with Crippen LogP contribution in [0.1, 0.15) is 65.8 Å². The van der Waals surface area contributed by atoms with Crippen LogP contribution < -0.4 is 5.32 Å². The van der Waals surface area contributed by atoms with Gasteiger partial charge in [-0.1, -0.05) is 0 Å². The molecule has 0 saturated heterocycles. The molecule has 2 aromatic heterocycles. The zero-order valence-electron chi connectivity index (χ0n) is 15.8.